The first kappa shape index (κ1) is 16.7. The molecule has 2 aliphatic carbocycles. The van der Waals surface area contributed by atoms with Gasteiger partial charge in [0.05, 0.1) is 11.6 Å². The summed E-state index contributed by atoms with van der Waals surface area (Å²) in [5.74, 6) is 0. The van der Waals surface area contributed by atoms with E-state index < -0.39 is 9.84 Å². The van der Waals surface area contributed by atoms with Crippen LogP contribution < -0.4 is 0 Å². The Morgan fingerprint density at radius 2 is 1.62 bits per heavy atom. The summed E-state index contributed by atoms with van der Waals surface area (Å²) < 4.78 is 23.3. The van der Waals surface area contributed by atoms with Crippen molar-refractivity contribution in [2.24, 2.45) is 5.41 Å². The first-order valence-corrected chi connectivity index (χ1v) is 10.4. The third-order valence-electron chi connectivity index (χ3n) is 5.19. The summed E-state index contributed by atoms with van der Waals surface area (Å²) in [7, 11) is -3.31. The van der Waals surface area contributed by atoms with Crippen LogP contribution in [0.25, 0.3) is 11.1 Å². The van der Waals surface area contributed by atoms with Crippen LogP contribution in [0.1, 0.15) is 36.0 Å². The van der Waals surface area contributed by atoms with Gasteiger partial charge in [0.15, 0.2) is 14.9 Å². The highest BCUT2D eigenvalue weighted by Crippen LogP contribution is 2.53. The Bertz CT molecular complexity index is 1070. The Hall–Kier alpha value is -2.71. The van der Waals surface area contributed by atoms with E-state index in [1.54, 1.807) is 12.3 Å². The molecule has 2 aliphatic rings. The summed E-state index contributed by atoms with van der Waals surface area (Å²) in [5.41, 5.74) is 4.93. The first-order chi connectivity index (χ1) is 12.4. The molecule has 1 spiro atoms. The van der Waals surface area contributed by atoms with Gasteiger partial charge in [-0.05, 0) is 53.8 Å². The summed E-state index contributed by atoms with van der Waals surface area (Å²) in [6.45, 7) is 0. The Morgan fingerprint density at radius 1 is 1.00 bits per heavy atom. The monoisotopic (exact) mass is 362 g/mol. The van der Waals surface area contributed by atoms with Gasteiger partial charge in [-0.3, -0.25) is 0 Å². The number of hydrogen-bond acceptors (Lipinski definition) is 4. The molecule has 130 valence electrons. The van der Waals surface area contributed by atoms with Crippen LogP contribution in [-0.2, 0) is 9.84 Å². The van der Waals surface area contributed by atoms with Gasteiger partial charge in [-0.15, -0.1) is 0 Å². The van der Waals surface area contributed by atoms with Crippen LogP contribution in [0, 0.1) is 16.7 Å². The van der Waals surface area contributed by atoms with Gasteiger partial charge < -0.3 is 0 Å². The number of sulfone groups is 1. The van der Waals surface area contributed by atoms with E-state index in [4.69, 9.17) is 5.26 Å². The maximum atomic E-state index is 11.7. The van der Waals surface area contributed by atoms with E-state index >= 15 is 0 Å². The van der Waals surface area contributed by atoms with Crippen molar-refractivity contribution in [3.63, 3.8) is 0 Å². The van der Waals surface area contributed by atoms with Crippen LogP contribution in [0.3, 0.4) is 0 Å². The van der Waals surface area contributed by atoms with E-state index in [1.807, 2.05) is 30.3 Å². The summed E-state index contributed by atoms with van der Waals surface area (Å²) >= 11 is 0. The summed E-state index contributed by atoms with van der Waals surface area (Å²) in [5, 5.41) is 9.10. The number of pyridine rings is 1. The van der Waals surface area contributed by atoms with E-state index in [9.17, 15) is 8.42 Å². The van der Waals surface area contributed by atoms with Gasteiger partial charge in [0.1, 0.15) is 0 Å². The molecule has 0 unspecified atom stereocenters. The molecule has 1 fully saturated rings. The predicted molar refractivity (Wildman–Crippen MR) is 101 cm³/mol. The number of hydrogen-bond donors (Lipinski definition) is 0. The van der Waals surface area contributed by atoms with Gasteiger partial charge in [0.2, 0.25) is 0 Å². The van der Waals surface area contributed by atoms with Crippen molar-refractivity contribution < 1.29 is 8.42 Å². The average Bonchev–Trinajstić information content (AvgIpc) is 3.03. The molecule has 0 bridgehead atoms. The number of nitriles is 1. The second-order valence-corrected chi connectivity index (χ2v) is 9.01. The second kappa shape index (κ2) is 5.93. The average molecular weight is 362 g/mol. The fourth-order valence-corrected chi connectivity index (χ4v) is 4.17. The van der Waals surface area contributed by atoms with Crippen LogP contribution in [0.5, 0.6) is 0 Å². The van der Waals surface area contributed by atoms with Gasteiger partial charge in [-0.1, -0.05) is 30.7 Å². The second-order valence-electron chi connectivity index (χ2n) is 7.05. The SMILES string of the molecule is CS(=O)(=O)c1ccc(C2=CC3(C=C2c2ccc(C#N)cc2)CCC3)cn1. The Balaban J connectivity index is 1.76. The molecule has 1 saturated carbocycles. The molecule has 0 atom stereocenters. The van der Waals surface area contributed by atoms with Crippen molar-refractivity contribution in [1.29, 1.82) is 5.26 Å². The van der Waals surface area contributed by atoms with Crippen LogP contribution in [-0.4, -0.2) is 19.7 Å². The summed E-state index contributed by atoms with van der Waals surface area (Å²) in [4.78, 5) is 4.14. The third-order valence-corrected chi connectivity index (χ3v) is 6.19. The fourth-order valence-electron chi connectivity index (χ4n) is 3.61. The molecule has 4 nitrogen and oxygen atoms in total. The van der Waals surface area contributed by atoms with E-state index in [0.717, 1.165) is 41.4 Å². The van der Waals surface area contributed by atoms with Crippen LogP contribution >= 0.6 is 0 Å². The van der Waals surface area contributed by atoms with Crippen molar-refractivity contribution in [3.05, 3.63) is 71.4 Å². The number of allylic oxidation sites excluding steroid dienone is 4. The van der Waals surface area contributed by atoms with Crippen molar-refractivity contribution in [3.8, 4) is 6.07 Å². The summed E-state index contributed by atoms with van der Waals surface area (Å²) in [6.07, 6.45) is 10.9. The molecule has 5 heteroatoms. The van der Waals surface area contributed by atoms with Crippen LogP contribution in [0.15, 0.2) is 59.8 Å². The first-order valence-electron chi connectivity index (χ1n) is 8.53. The molecule has 0 saturated heterocycles. The van der Waals surface area contributed by atoms with Crippen LogP contribution in [0.4, 0.5) is 0 Å². The molecule has 0 N–H and O–H groups in total. The maximum Gasteiger partial charge on any atom is 0.192 e. The highest BCUT2D eigenvalue weighted by Gasteiger charge is 2.38. The van der Waals surface area contributed by atoms with E-state index in [2.05, 4.69) is 23.2 Å². The highest BCUT2D eigenvalue weighted by atomic mass is 32.2. The molecule has 26 heavy (non-hydrogen) atoms. The molecule has 4 rings (SSSR count). The van der Waals surface area contributed by atoms with Crippen molar-refractivity contribution in [1.82, 2.24) is 4.98 Å². The predicted octanol–water partition coefficient (Wildman–Crippen LogP) is 4.01. The van der Waals surface area contributed by atoms with E-state index in [-0.39, 0.29) is 10.4 Å². The normalized spacial score (nSPS) is 18.0. The van der Waals surface area contributed by atoms with Gasteiger partial charge in [-0.25, -0.2) is 13.4 Å². The smallest absolute Gasteiger partial charge is 0.192 e. The third kappa shape index (κ3) is 2.87. The number of rotatable bonds is 3. The Labute approximate surface area is 153 Å². The van der Waals surface area contributed by atoms with Gasteiger partial charge in [0, 0.05) is 23.4 Å². The molecule has 2 aromatic rings. The molecule has 0 radical (unpaired) electrons. The number of nitrogens with zero attached hydrogens (tertiary/aromatic N) is 2. The van der Waals surface area contributed by atoms with Crippen molar-refractivity contribution >= 4 is 21.0 Å². The lowest BCUT2D eigenvalue weighted by molar-refractivity contribution is 0.282. The van der Waals surface area contributed by atoms with Crippen molar-refractivity contribution in [2.75, 3.05) is 6.26 Å². The molecular weight excluding hydrogens is 344 g/mol. The molecule has 0 amide bonds. The maximum absolute atomic E-state index is 11.7. The minimum Gasteiger partial charge on any atom is -0.244 e. The molecule has 1 aromatic heterocycles. The Kier molecular flexibility index (Phi) is 3.82. The van der Waals surface area contributed by atoms with Crippen LogP contribution in [0.2, 0.25) is 0 Å². The van der Waals surface area contributed by atoms with E-state index in [1.165, 1.54) is 6.42 Å². The molecule has 1 heterocycles. The largest absolute Gasteiger partial charge is 0.244 e. The summed E-state index contributed by atoms with van der Waals surface area (Å²) in [6, 6.07) is 13.1. The quantitative estimate of drug-likeness (QED) is 0.827. The zero-order valence-corrected chi connectivity index (χ0v) is 15.3. The molecular formula is C21H18N2O2S. The van der Waals surface area contributed by atoms with Crippen molar-refractivity contribution in [2.45, 2.75) is 24.3 Å². The van der Waals surface area contributed by atoms with Gasteiger partial charge in [-0.2, -0.15) is 5.26 Å². The van der Waals surface area contributed by atoms with E-state index in [0.29, 0.717) is 5.56 Å². The zero-order valence-electron chi connectivity index (χ0n) is 14.4. The minimum absolute atomic E-state index is 0.0853. The minimum atomic E-state index is -3.31. The van der Waals surface area contributed by atoms with Gasteiger partial charge >= 0.3 is 0 Å². The molecule has 1 aromatic carbocycles. The topological polar surface area (TPSA) is 70.8 Å². The van der Waals surface area contributed by atoms with Gasteiger partial charge in [0.25, 0.3) is 0 Å². The zero-order chi connectivity index (χ0) is 18.4. The Morgan fingerprint density at radius 3 is 2.08 bits per heavy atom. The molecule has 0 aliphatic heterocycles. The number of benzene rings is 1. The lowest BCUT2D eigenvalue weighted by atomic mass is 9.70. The number of aromatic nitrogens is 1. The lowest BCUT2D eigenvalue weighted by Gasteiger charge is -2.34. The fraction of sp³-hybridized carbons (Fsp3) is 0.238. The lowest BCUT2D eigenvalue weighted by Crippen LogP contribution is -2.22. The highest BCUT2D eigenvalue weighted by molar-refractivity contribution is 7.90. The standard InChI is InChI=1S/C21H18N2O2S/c1-26(24,25)20-8-7-17(14-23-20)19-12-21(9-2-10-21)11-18(19)16-5-3-15(13-22)4-6-16/h3-8,11-12,14H,2,9-10H2,1H3.